The summed E-state index contributed by atoms with van der Waals surface area (Å²) in [5.74, 6) is 1.87. The predicted octanol–water partition coefficient (Wildman–Crippen LogP) is 0.791. The van der Waals surface area contributed by atoms with Gasteiger partial charge >= 0.3 is 6.03 Å². The smallest absolute Gasteiger partial charge is 0.314 e. The molecule has 2 heterocycles. The number of rotatable bonds is 4. The highest BCUT2D eigenvalue weighted by atomic mass is 32.2. The standard InChI is InChI=1S/C11H21N3OS/c15-11(13-7-9-3-4-12-6-9)14-8-10-2-1-5-16-10/h9-10,12H,1-8H2,(H2,13,14,15). The fraction of sp³-hybridized carbons (Fsp3) is 0.909. The normalized spacial score (nSPS) is 29.2. The monoisotopic (exact) mass is 243 g/mol. The van der Waals surface area contributed by atoms with Crippen LogP contribution in [-0.2, 0) is 0 Å². The summed E-state index contributed by atoms with van der Waals surface area (Å²) in [5, 5.41) is 9.84. The quantitative estimate of drug-likeness (QED) is 0.684. The molecule has 2 aliphatic heterocycles. The largest absolute Gasteiger partial charge is 0.338 e. The molecule has 2 amide bonds. The number of hydrogen-bond donors (Lipinski definition) is 3. The third-order valence-electron chi connectivity index (χ3n) is 3.23. The van der Waals surface area contributed by atoms with Gasteiger partial charge in [-0.25, -0.2) is 4.79 Å². The van der Waals surface area contributed by atoms with E-state index < -0.39 is 0 Å². The Bertz CT molecular complexity index is 203. The van der Waals surface area contributed by atoms with E-state index in [2.05, 4.69) is 16.0 Å². The molecule has 5 heteroatoms. The van der Waals surface area contributed by atoms with Crippen molar-refractivity contribution in [2.45, 2.75) is 24.5 Å². The summed E-state index contributed by atoms with van der Waals surface area (Å²) >= 11 is 1.98. The summed E-state index contributed by atoms with van der Waals surface area (Å²) in [4.78, 5) is 11.5. The molecule has 4 nitrogen and oxygen atoms in total. The highest BCUT2D eigenvalue weighted by Crippen LogP contribution is 2.25. The molecular formula is C11H21N3OS. The van der Waals surface area contributed by atoms with E-state index in [0.29, 0.717) is 11.2 Å². The predicted molar refractivity (Wildman–Crippen MR) is 67.9 cm³/mol. The Morgan fingerprint density at radius 1 is 1.31 bits per heavy atom. The summed E-state index contributed by atoms with van der Waals surface area (Å²) in [7, 11) is 0. The van der Waals surface area contributed by atoms with E-state index in [1.165, 1.54) is 25.0 Å². The third kappa shape index (κ3) is 3.87. The number of amides is 2. The molecular weight excluding hydrogens is 222 g/mol. The molecule has 2 atom stereocenters. The van der Waals surface area contributed by atoms with Gasteiger partial charge in [-0.2, -0.15) is 11.8 Å². The summed E-state index contributed by atoms with van der Waals surface area (Å²) in [5.41, 5.74) is 0. The van der Waals surface area contributed by atoms with Crippen molar-refractivity contribution < 1.29 is 4.79 Å². The molecule has 0 aromatic rings. The van der Waals surface area contributed by atoms with Crippen molar-refractivity contribution in [3.63, 3.8) is 0 Å². The van der Waals surface area contributed by atoms with Gasteiger partial charge in [0, 0.05) is 18.3 Å². The molecule has 92 valence electrons. The topological polar surface area (TPSA) is 53.2 Å². The van der Waals surface area contributed by atoms with Crippen LogP contribution in [0.2, 0.25) is 0 Å². The first-order valence-corrected chi connectivity index (χ1v) is 7.23. The minimum Gasteiger partial charge on any atom is -0.338 e. The Morgan fingerprint density at radius 2 is 2.19 bits per heavy atom. The first kappa shape index (κ1) is 12.0. The van der Waals surface area contributed by atoms with Crippen molar-refractivity contribution in [2.75, 3.05) is 31.9 Å². The molecule has 0 aromatic heterocycles. The second-order valence-corrected chi connectivity index (χ2v) is 5.99. The summed E-state index contributed by atoms with van der Waals surface area (Å²) in [6.45, 7) is 3.75. The van der Waals surface area contributed by atoms with Crippen LogP contribution in [0.1, 0.15) is 19.3 Å². The van der Waals surface area contributed by atoms with E-state index in [1.54, 1.807) is 0 Å². The van der Waals surface area contributed by atoms with Gasteiger partial charge in [0.25, 0.3) is 0 Å². The van der Waals surface area contributed by atoms with Crippen molar-refractivity contribution in [2.24, 2.45) is 5.92 Å². The zero-order valence-corrected chi connectivity index (χ0v) is 10.4. The minimum absolute atomic E-state index is 0.000556. The second-order valence-electron chi connectivity index (χ2n) is 4.58. The van der Waals surface area contributed by atoms with Crippen LogP contribution in [-0.4, -0.2) is 43.2 Å². The molecule has 0 saturated carbocycles. The number of carbonyl (C=O) groups is 1. The van der Waals surface area contributed by atoms with Crippen molar-refractivity contribution in [1.29, 1.82) is 0 Å². The number of nitrogens with one attached hydrogen (secondary N) is 3. The van der Waals surface area contributed by atoms with Gasteiger partial charge in [0.15, 0.2) is 0 Å². The maximum atomic E-state index is 11.5. The van der Waals surface area contributed by atoms with Gasteiger partial charge in [-0.05, 0) is 44.0 Å². The van der Waals surface area contributed by atoms with E-state index in [4.69, 9.17) is 0 Å². The Labute approximate surface area is 101 Å². The molecule has 2 aliphatic rings. The second kappa shape index (κ2) is 6.35. The maximum absolute atomic E-state index is 11.5. The van der Waals surface area contributed by atoms with Gasteiger partial charge in [0.2, 0.25) is 0 Å². The Balaban J connectivity index is 1.53. The molecule has 2 rings (SSSR count). The van der Waals surface area contributed by atoms with E-state index in [9.17, 15) is 4.79 Å². The van der Waals surface area contributed by atoms with E-state index in [-0.39, 0.29) is 6.03 Å². The van der Waals surface area contributed by atoms with Gasteiger partial charge in [0.05, 0.1) is 0 Å². The number of thioether (sulfide) groups is 1. The van der Waals surface area contributed by atoms with Crippen LogP contribution in [0.5, 0.6) is 0 Å². The highest BCUT2D eigenvalue weighted by molar-refractivity contribution is 8.00. The van der Waals surface area contributed by atoms with E-state index in [1.807, 2.05) is 11.8 Å². The lowest BCUT2D eigenvalue weighted by molar-refractivity contribution is 0.239. The molecule has 0 radical (unpaired) electrons. The van der Waals surface area contributed by atoms with E-state index in [0.717, 1.165) is 26.2 Å². The number of hydrogen-bond acceptors (Lipinski definition) is 3. The fourth-order valence-corrected chi connectivity index (χ4v) is 3.40. The zero-order chi connectivity index (χ0) is 11.2. The summed E-state index contributed by atoms with van der Waals surface area (Å²) in [6, 6.07) is -0.000556. The van der Waals surface area contributed by atoms with Crippen molar-refractivity contribution in [1.82, 2.24) is 16.0 Å². The van der Waals surface area contributed by atoms with Crippen LogP contribution in [0.25, 0.3) is 0 Å². The van der Waals surface area contributed by atoms with Gasteiger partial charge in [-0.15, -0.1) is 0 Å². The minimum atomic E-state index is -0.000556. The lowest BCUT2D eigenvalue weighted by Crippen LogP contribution is -2.41. The summed E-state index contributed by atoms with van der Waals surface area (Å²) < 4.78 is 0. The van der Waals surface area contributed by atoms with Gasteiger partial charge in [-0.1, -0.05) is 0 Å². The molecule has 0 aliphatic carbocycles. The van der Waals surface area contributed by atoms with Crippen molar-refractivity contribution >= 4 is 17.8 Å². The Kier molecular flexibility index (Phi) is 4.78. The maximum Gasteiger partial charge on any atom is 0.314 e. The molecule has 2 fully saturated rings. The Hall–Kier alpha value is -0.420. The number of urea groups is 1. The van der Waals surface area contributed by atoms with Gasteiger partial charge in [0.1, 0.15) is 0 Å². The summed E-state index contributed by atoms with van der Waals surface area (Å²) in [6.07, 6.45) is 3.72. The molecule has 16 heavy (non-hydrogen) atoms. The molecule has 0 spiro atoms. The molecule has 0 aromatic carbocycles. The fourth-order valence-electron chi connectivity index (χ4n) is 2.20. The first-order valence-electron chi connectivity index (χ1n) is 6.18. The van der Waals surface area contributed by atoms with Gasteiger partial charge in [-0.3, -0.25) is 0 Å². The molecule has 3 N–H and O–H groups in total. The van der Waals surface area contributed by atoms with Crippen LogP contribution in [0.4, 0.5) is 4.79 Å². The lowest BCUT2D eigenvalue weighted by atomic mass is 10.1. The SMILES string of the molecule is O=C(NCC1CCNC1)NCC1CCCS1. The average Bonchev–Trinajstić information content (AvgIpc) is 2.96. The Morgan fingerprint density at radius 3 is 2.88 bits per heavy atom. The highest BCUT2D eigenvalue weighted by Gasteiger charge is 2.17. The first-order chi connectivity index (χ1) is 7.84. The van der Waals surface area contributed by atoms with Crippen molar-refractivity contribution in [3.05, 3.63) is 0 Å². The van der Waals surface area contributed by atoms with Crippen LogP contribution in [0.3, 0.4) is 0 Å². The van der Waals surface area contributed by atoms with Crippen molar-refractivity contribution in [3.8, 4) is 0 Å². The van der Waals surface area contributed by atoms with E-state index >= 15 is 0 Å². The van der Waals surface area contributed by atoms with Crippen LogP contribution < -0.4 is 16.0 Å². The third-order valence-corrected chi connectivity index (χ3v) is 4.63. The van der Waals surface area contributed by atoms with Crippen LogP contribution in [0.15, 0.2) is 0 Å². The molecule has 2 unspecified atom stereocenters. The van der Waals surface area contributed by atoms with Gasteiger partial charge < -0.3 is 16.0 Å². The van der Waals surface area contributed by atoms with Crippen LogP contribution >= 0.6 is 11.8 Å². The number of carbonyl (C=O) groups excluding carboxylic acids is 1. The molecule has 0 bridgehead atoms. The zero-order valence-electron chi connectivity index (χ0n) is 9.63. The average molecular weight is 243 g/mol. The lowest BCUT2D eigenvalue weighted by Gasteiger charge is -2.13. The molecule has 2 saturated heterocycles. The van der Waals surface area contributed by atoms with Crippen LogP contribution in [0, 0.1) is 5.92 Å².